The predicted molar refractivity (Wildman–Crippen MR) is 127 cm³/mol. The lowest BCUT2D eigenvalue weighted by Crippen LogP contribution is -2.40. The number of piperidine rings is 1. The minimum absolute atomic E-state index is 0.455. The molecule has 2 aliphatic heterocycles. The van der Waals surface area contributed by atoms with Gasteiger partial charge in [0.1, 0.15) is 11.6 Å². The van der Waals surface area contributed by atoms with Crippen LogP contribution in [0, 0.1) is 0 Å². The molecule has 7 nitrogen and oxygen atoms in total. The smallest absolute Gasteiger partial charge is 0.232 e. The van der Waals surface area contributed by atoms with Crippen molar-refractivity contribution < 1.29 is 4.74 Å². The summed E-state index contributed by atoms with van der Waals surface area (Å²) >= 11 is 5.63. The monoisotopic (exact) mass is 432 g/mol. The zero-order valence-corrected chi connectivity index (χ0v) is 19.1. The van der Waals surface area contributed by atoms with Crippen LogP contribution in [0.15, 0.2) is 6.07 Å². The van der Waals surface area contributed by atoms with E-state index >= 15 is 0 Å². The number of anilines is 3. The largest absolute Gasteiger partial charge is 0.378 e. The molecule has 166 valence electrons. The van der Waals surface area contributed by atoms with E-state index in [2.05, 4.69) is 33.4 Å². The Hall–Kier alpha value is -1.67. The Kier molecular flexibility index (Phi) is 7.60. The van der Waals surface area contributed by atoms with Crippen LogP contribution in [0.3, 0.4) is 0 Å². The molecule has 0 amide bonds. The molecule has 3 fully saturated rings. The van der Waals surface area contributed by atoms with Crippen molar-refractivity contribution in [2.24, 2.45) is 0 Å². The van der Waals surface area contributed by atoms with Gasteiger partial charge in [-0.2, -0.15) is 9.97 Å². The minimum atomic E-state index is 0.455. The summed E-state index contributed by atoms with van der Waals surface area (Å²) in [6, 6.07) is 3.09. The summed E-state index contributed by atoms with van der Waals surface area (Å²) in [5, 5.41) is 7.44. The Labute approximate surface area is 186 Å². The average molecular weight is 433 g/mol. The van der Waals surface area contributed by atoms with Crippen molar-refractivity contribution in [2.75, 3.05) is 48.0 Å². The van der Waals surface area contributed by atoms with Crippen molar-refractivity contribution in [3.05, 3.63) is 6.07 Å². The second-order valence-corrected chi connectivity index (χ2v) is 9.24. The topological polar surface area (TPSA) is 65.6 Å². The van der Waals surface area contributed by atoms with Crippen LogP contribution >= 0.6 is 12.2 Å². The summed E-state index contributed by atoms with van der Waals surface area (Å²) in [5.74, 6) is 2.55. The standard InChI is InChI=1S/C22H36N6OS/c1-17-8-6-7-11-28(17)20-16-19(27-12-14-29-15-13-27)24-21(25-20)26-22(30)23-18-9-4-2-3-5-10-18/h16-18H,2-15H2,1H3,(H2,23,24,25,26,30)/t17-/m0/s1. The molecule has 30 heavy (non-hydrogen) atoms. The molecule has 3 heterocycles. The molecular weight excluding hydrogens is 396 g/mol. The lowest BCUT2D eigenvalue weighted by molar-refractivity contribution is 0.122. The van der Waals surface area contributed by atoms with Crippen molar-refractivity contribution in [1.82, 2.24) is 15.3 Å². The summed E-state index contributed by atoms with van der Waals surface area (Å²) in [4.78, 5) is 14.4. The summed E-state index contributed by atoms with van der Waals surface area (Å²) in [5.41, 5.74) is 0. The van der Waals surface area contributed by atoms with E-state index in [4.69, 9.17) is 26.9 Å². The molecule has 1 aromatic rings. The van der Waals surface area contributed by atoms with Gasteiger partial charge in [0.2, 0.25) is 5.95 Å². The van der Waals surface area contributed by atoms with E-state index in [1.54, 1.807) is 0 Å². The van der Waals surface area contributed by atoms with Gasteiger partial charge in [-0.05, 0) is 51.2 Å². The van der Waals surface area contributed by atoms with E-state index in [0.717, 1.165) is 44.5 Å². The third-order valence-corrected chi connectivity index (χ3v) is 6.77. The van der Waals surface area contributed by atoms with Gasteiger partial charge in [0.25, 0.3) is 0 Å². The minimum Gasteiger partial charge on any atom is -0.378 e. The second-order valence-electron chi connectivity index (χ2n) is 8.83. The molecule has 1 aliphatic carbocycles. The maximum atomic E-state index is 5.63. The van der Waals surface area contributed by atoms with Crippen LogP contribution in [0.2, 0.25) is 0 Å². The molecule has 4 rings (SSSR count). The third-order valence-electron chi connectivity index (χ3n) is 6.55. The van der Waals surface area contributed by atoms with Crippen LogP contribution in [0.4, 0.5) is 17.6 Å². The molecule has 8 heteroatoms. The first-order chi connectivity index (χ1) is 14.7. The van der Waals surface area contributed by atoms with Gasteiger partial charge in [-0.25, -0.2) is 0 Å². The number of hydrogen-bond acceptors (Lipinski definition) is 6. The second kappa shape index (κ2) is 10.6. The third kappa shape index (κ3) is 5.72. The number of nitrogens with one attached hydrogen (secondary N) is 2. The van der Waals surface area contributed by atoms with Gasteiger partial charge in [0.05, 0.1) is 13.2 Å². The molecule has 1 atom stereocenters. The Morgan fingerprint density at radius 2 is 1.67 bits per heavy atom. The summed E-state index contributed by atoms with van der Waals surface area (Å²) in [6.07, 6.45) is 11.3. The van der Waals surface area contributed by atoms with Crippen LogP contribution in [-0.4, -0.2) is 60.0 Å². The number of morpholine rings is 1. The molecule has 1 saturated carbocycles. The summed E-state index contributed by atoms with van der Waals surface area (Å²) in [6.45, 7) is 6.53. The average Bonchev–Trinajstić information content (AvgIpc) is 3.03. The highest BCUT2D eigenvalue weighted by atomic mass is 32.1. The van der Waals surface area contributed by atoms with Gasteiger partial charge >= 0.3 is 0 Å². The Morgan fingerprint density at radius 3 is 2.40 bits per heavy atom. The van der Waals surface area contributed by atoms with Gasteiger partial charge in [0, 0.05) is 37.8 Å². The zero-order valence-electron chi connectivity index (χ0n) is 18.2. The number of ether oxygens (including phenoxy) is 1. The quantitative estimate of drug-likeness (QED) is 0.552. The maximum absolute atomic E-state index is 5.63. The molecule has 0 unspecified atom stereocenters. The van der Waals surface area contributed by atoms with Crippen LogP contribution in [0.1, 0.15) is 64.7 Å². The van der Waals surface area contributed by atoms with Crippen LogP contribution < -0.4 is 20.4 Å². The van der Waals surface area contributed by atoms with Gasteiger partial charge in [-0.15, -0.1) is 0 Å². The summed E-state index contributed by atoms with van der Waals surface area (Å²) in [7, 11) is 0. The first-order valence-electron chi connectivity index (χ1n) is 11.7. The van der Waals surface area contributed by atoms with E-state index in [1.807, 2.05) is 0 Å². The van der Waals surface area contributed by atoms with Crippen LogP contribution in [0.25, 0.3) is 0 Å². The van der Waals surface area contributed by atoms with Crippen molar-refractivity contribution in [3.8, 4) is 0 Å². The van der Waals surface area contributed by atoms with Crippen molar-refractivity contribution in [3.63, 3.8) is 0 Å². The fraction of sp³-hybridized carbons (Fsp3) is 0.773. The SMILES string of the molecule is C[C@H]1CCCCN1c1cc(N2CCOCC2)nc(NC(=S)NC2CCCCCC2)n1. The Bertz CT molecular complexity index is 703. The van der Waals surface area contributed by atoms with E-state index in [1.165, 1.54) is 57.8 Å². The number of hydrogen-bond donors (Lipinski definition) is 2. The van der Waals surface area contributed by atoms with Crippen LogP contribution in [-0.2, 0) is 4.74 Å². The van der Waals surface area contributed by atoms with E-state index < -0.39 is 0 Å². The number of aromatic nitrogens is 2. The lowest BCUT2D eigenvalue weighted by Gasteiger charge is -2.35. The van der Waals surface area contributed by atoms with Crippen molar-refractivity contribution >= 4 is 34.9 Å². The highest BCUT2D eigenvalue weighted by Crippen LogP contribution is 2.27. The van der Waals surface area contributed by atoms with Gasteiger partial charge in [-0.1, -0.05) is 25.7 Å². The molecule has 0 spiro atoms. The molecule has 2 N–H and O–H groups in total. The fourth-order valence-corrected chi connectivity index (χ4v) is 5.02. The molecular formula is C22H36N6OS. The highest BCUT2D eigenvalue weighted by molar-refractivity contribution is 7.80. The zero-order chi connectivity index (χ0) is 20.8. The Morgan fingerprint density at radius 1 is 0.967 bits per heavy atom. The molecule has 0 radical (unpaired) electrons. The van der Waals surface area contributed by atoms with Crippen molar-refractivity contribution in [1.29, 1.82) is 0 Å². The van der Waals surface area contributed by atoms with E-state index in [9.17, 15) is 0 Å². The predicted octanol–water partition coefficient (Wildman–Crippen LogP) is 3.70. The lowest BCUT2D eigenvalue weighted by atomic mass is 10.0. The van der Waals surface area contributed by atoms with Gasteiger partial charge in [0.15, 0.2) is 5.11 Å². The first kappa shape index (κ1) is 21.6. The maximum Gasteiger partial charge on any atom is 0.232 e. The summed E-state index contributed by atoms with van der Waals surface area (Å²) < 4.78 is 5.53. The van der Waals surface area contributed by atoms with E-state index in [-0.39, 0.29) is 0 Å². The molecule has 2 saturated heterocycles. The fourth-order valence-electron chi connectivity index (χ4n) is 4.76. The highest BCUT2D eigenvalue weighted by Gasteiger charge is 2.23. The first-order valence-corrected chi connectivity index (χ1v) is 12.2. The van der Waals surface area contributed by atoms with Crippen LogP contribution in [0.5, 0.6) is 0 Å². The van der Waals surface area contributed by atoms with Gasteiger partial charge in [-0.3, -0.25) is 0 Å². The number of thiocarbonyl (C=S) groups is 1. The number of rotatable bonds is 4. The van der Waals surface area contributed by atoms with E-state index in [0.29, 0.717) is 23.1 Å². The number of nitrogens with zero attached hydrogens (tertiary/aromatic N) is 4. The van der Waals surface area contributed by atoms with Gasteiger partial charge < -0.3 is 25.2 Å². The Balaban J connectivity index is 1.51. The molecule has 0 bridgehead atoms. The molecule has 1 aromatic heterocycles. The van der Waals surface area contributed by atoms with Crippen molar-refractivity contribution in [2.45, 2.75) is 76.8 Å². The molecule has 3 aliphatic rings. The normalized spacial score (nSPS) is 23.7. The molecule has 0 aromatic carbocycles.